The normalized spacial score (nSPS) is 17.2. The number of carbonyl (C=O) groups is 1. The van der Waals surface area contributed by atoms with Gasteiger partial charge in [-0.25, -0.2) is 4.98 Å². The van der Waals surface area contributed by atoms with Crippen LogP contribution in [0.25, 0.3) is 39.4 Å². The summed E-state index contributed by atoms with van der Waals surface area (Å²) in [4.78, 5) is 33.5. The average molecular weight is 521 g/mol. The smallest absolute Gasteiger partial charge is 0.254 e. The van der Waals surface area contributed by atoms with Gasteiger partial charge in [0.15, 0.2) is 0 Å². The van der Waals surface area contributed by atoms with Gasteiger partial charge in [0.05, 0.1) is 17.3 Å². The SMILES string of the molecule is C[C@@H]1C(=O)N(C)CCN1CCOc1ccc(-c2ccc3cc(-c4cn(C)c(=O)c5c4C=CC5)ccc3n2)cc1. The van der Waals surface area contributed by atoms with Gasteiger partial charge in [0.25, 0.3) is 5.56 Å². The first-order chi connectivity index (χ1) is 18.9. The third-order valence-corrected chi connectivity index (χ3v) is 7.92. The lowest BCUT2D eigenvalue weighted by molar-refractivity contribution is -0.139. The summed E-state index contributed by atoms with van der Waals surface area (Å²) in [6.07, 6.45) is 6.72. The number of aromatic nitrogens is 2. The van der Waals surface area contributed by atoms with Crippen LogP contribution in [0.5, 0.6) is 5.75 Å². The fraction of sp³-hybridized carbons (Fsp3) is 0.281. The maximum atomic E-state index is 12.5. The Balaban J connectivity index is 1.15. The molecule has 1 fully saturated rings. The van der Waals surface area contributed by atoms with Gasteiger partial charge in [-0.2, -0.15) is 0 Å². The van der Waals surface area contributed by atoms with Gasteiger partial charge in [0.1, 0.15) is 12.4 Å². The molecule has 198 valence electrons. The molecule has 39 heavy (non-hydrogen) atoms. The number of likely N-dealkylation sites (N-methyl/N-ethyl adjacent to an activating group) is 1. The lowest BCUT2D eigenvalue weighted by Crippen LogP contribution is -2.55. The molecule has 2 aromatic heterocycles. The lowest BCUT2D eigenvalue weighted by Gasteiger charge is -2.37. The molecule has 1 aliphatic carbocycles. The van der Waals surface area contributed by atoms with Gasteiger partial charge >= 0.3 is 0 Å². The monoisotopic (exact) mass is 520 g/mol. The van der Waals surface area contributed by atoms with E-state index in [0.29, 0.717) is 13.0 Å². The van der Waals surface area contributed by atoms with Gasteiger partial charge in [0.2, 0.25) is 5.91 Å². The number of fused-ring (bicyclic) bond motifs is 2. The van der Waals surface area contributed by atoms with Crippen LogP contribution < -0.4 is 10.3 Å². The molecular formula is C32H32N4O3. The van der Waals surface area contributed by atoms with E-state index in [1.54, 1.807) is 9.47 Å². The van der Waals surface area contributed by atoms with Crippen molar-refractivity contribution in [2.24, 2.45) is 7.05 Å². The van der Waals surface area contributed by atoms with E-state index in [4.69, 9.17) is 9.72 Å². The van der Waals surface area contributed by atoms with Gasteiger partial charge in [0, 0.05) is 62.0 Å². The first kappa shape index (κ1) is 25.1. The molecular weight excluding hydrogens is 488 g/mol. The number of aryl methyl sites for hydroxylation is 1. The van der Waals surface area contributed by atoms with E-state index in [0.717, 1.165) is 69.8 Å². The molecule has 1 amide bonds. The second-order valence-corrected chi connectivity index (χ2v) is 10.4. The predicted molar refractivity (Wildman–Crippen MR) is 155 cm³/mol. The number of carbonyl (C=O) groups excluding carboxylic acids is 1. The van der Waals surface area contributed by atoms with Crippen LogP contribution in [0.3, 0.4) is 0 Å². The Kier molecular flexibility index (Phi) is 6.53. The van der Waals surface area contributed by atoms with E-state index in [9.17, 15) is 9.59 Å². The van der Waals surface area contributed by atoms with Crippen LogP contribution in [0, 0.1) is 0 Å². The maximum absolute atomic E-state index is 12.5. The summed E-state index contributed by atoms with van der Waals surface area (Å²) in [7, 11) is 3.67. The molecule has 6 rings (SSSR count). The number of amides is 1. The van der Waals surface area contributed by atoms with E-state index < -0.39 is 0 Å². The molecule has 7 heteroatoms. The van der Waals surface area contributed by atoms with Crippen molar-refractivity contribution in [1.82, 2.24) is 19.4 Å². The van der Waals surface area contributed by atoms with Gasteiger partial charge in [-0.15, -0.1) is 0 Å². The van der Waals surface area contributed by atoms with Crippen LogP contribution in [0.2, 0.25) is 0 Å². The number of benzene rings is 2. The molecule has 0 spiro atoms. The Labute approximate surface area is 228 Å². The van der Waals surface area contributed by atoms with E-state index >= 15 is 0 Å². The van der Waals surface area contributed by atoms with Gasteiger partial charge in [-0.05, 0) is 66.9 Å². The summed E-state index contributed by atoms with van der Waals surface area (Å²) in [5, 5.41) is 1.05. The van der Waals surface area contributed by atoms with Crippen LogP contribution in [-0.2, 0) is 18.3 Å². The summed E-state index contributed by atoms with van der Waals surface area (Å²) in [6, 6.07) is 18.3. The minimum absolute atomic E-state index is 0.0726. The average Bonchev–Trinajstić information content (AvgIpc) is 3.45. The second kappa shape index (κ2) is 10.2. The fourth-order valence-corrected chi connectivity index (χ4v) is 5.54. The third kappa shape index (κ3) is 4.74. The zero-order valence-electron chi connectivity index (χ0n) is 22.6. The molecule has 0 saturated carbocycles. The Bertz CT molecular complexity index is 1660. The van der Waals surface area contributed by atoms with Crippen molar-refractivity contribution in [3.05, 3.63) is 88.4 Å². The van der Waals surface area contributed by atoms with Crippen molar-refractivity contribution in [3.8, 4) is 28.1 Å². The zero-order chi connectivity index (χ0) is 27.1. The molecule has 0 bridgehead atoms. The standard InChI is InChI=1S/C32H32N4O3/c1-21-31(37)34(2)15-16-36(21)17-18-39-25-11-7-22(8-12-25)29-14-10-24-19-23(9-13-30(24)33-29)28-20-35(3)32(38)27-6-4-5-26(27)28/h4-5,7-14,19-21H,6,15-18H2,1-3H3/t21-/m1/s1. The highest BCUT2D eigenvalue weighted by atomic mass is 16.5. The number of rotatable bonds is 6. The first-order valence-corrected chi connectivity index (χ1v) is 13.4. The molecule has 1 aliphatic heterocycles. The van der Waals surface area contributed by atoms with Gasteiger partial charge in [-0.3, -0.25) is 14.5 Å². The number of ether oxygens (including phenoxy) is 1. The minimum atomic E-state index is -0.108. The number of nitrogens with zero attached hydrogens (tertiary/aromatic N) is 4. The molecule has 1 saturated heterocycles. The van der Waals surface area contributed by atoms with Crippen molar-refractivity contribution >= 4 is 22.9 Å². The quantitative estimate of drug-likeness (QED) is 0.378. The topological polar surface area (TPSA) is 67.7 Å². The zero-order valence-corrected chi connectivity index (χ0v) is 22.6. The number of hydrogen-bond acceptors (Lipinski definition) is 5. The summed E-state index contributed by atoms with van der Waals surface area (Å²) in [5.74, 6) is 0.966. The minimum Gasteiger partial charge on any atom is -0.492 e. The Morgan fingerprint density at radius 2 is 1.77 bits per heavy atom. The second-order valence-electron chi connectivity index (χ2n) is 10.4. The van der Waals surface area contributed by atoms with Crippen molar-refractivity contribution in [3.63, 3.8) is 0 Å². The molecule has 2 aliphatic rings. The van der Waals surface area contributed by atoms with E-state index in [2.05, 4.69) is 35.3 Å². The highest BCUT2D eigenvalue weighted by Gasteiger charge is 2.28. The summed E-state index contributed by atoms with van der Waals surface area (Å²) in [6.45, 7) is 4.83. The predicted octanol–water partition coefficient (Wildman–Crippen LogP) is 4.38. The summed E-state index contributed by atoms with van der Waals surface area (Å²) < 4.78 is 7.64. The molecule has 0 N–H and O–H groups in total. The number of pyridine rings is 2. The van der Waals surface area contributed by atoms with Crippen LogP contribution in [0.4, 0.5) is 0 Å². The van der Waals surface area contributed by atoms with E-state index in [1.165, 1.54) is 0 Å². The Morgan fingerprint density at radius 1 is 0.974 bits per heavy atom. The number of hydrogen-bond donors (Lipinski definition) is 0. The largest absolute Gasteiger partial charge is 0.492 e. The highest BCUT2D eigenvalue weighted by Crippen LogP contribution is 2.32. The molecule has 0 radical (unpaired) electrons. The molecule has 3 heterocycles. The number of allylic oxidation sites excluding steroid dienone is 1. The summed E-state index contributed by atoms with van der Waals surface area (Å²) in [5.41, 5.74) is 6.94. The molecule has 1 atom stereocenters. The third-order valence-electron chi connectivity index (χ3n) is 7.92. The molecule has 7 nitrogen and oxygen atoms in total. The van der Waals surface area contributed by atoms with Gasteiger partial charge in [-0.1, -0.05) is 24.3 Å². The molecule has 4 aromatic rings. The fourth-order valence-electron chi connectivity index (χ4n) is 5.54. The van der Waals surface area contributed by atoms with Crippen molar-refractivity contribution < 1.29 is 9.53 Å². The maximum Gasteiger partial charge on any atom is 0.254 e. The van der Waals surface area contributed by atoms with Crippen LogP contribution in [-0.4, -0.2) is 64.6 Å². The highest BCUT2D eigenvalue weighted by molar-refractivity contribution is 5.89. The van der Waals surface area contributed by atoms with Crippen LogP contribution in [0.15, 0.2) is 71.7 Å². The Morgan fingerprint density at radius 3 is 2.59 bits per heavy atom. The van der Waals surface area contributed by atoms with E-state index in [1.807, 2.05) is 63.6 Å². The lowest BCUT2D eigenvalue weighted by atomic mass is 9.98. The number of piperazine rings is 1. The van der Waals surface area contributed by atoms with Crippen molar-refractivity contribution in [2.45, 2.75) is 19.4 Å². The summed E-state index contributed by atoms with van der Waals surface area (Å²) >= 11 is 0. The van der Waals surface area contributed by atoms with Crippen molar-refractivity contribution in [1.29, 1.82) is 0 Å². The van der Waals surface area contributed by atoms with Crippen LogP contribution >= 0.6 is 0 Å². The Hall–Kier alpha value is -4.23. The van der Waals surface area contributed by atoms with Gasteiger partial charge < -0.3 is 14.2 Å². The van der Waals surface area contributed by atoms with E-state index in [-0.39, 0.29) is 17.5 Å². The van der Waals surface area contributed by atoms with Crippen molar-refractivity contribution in [2.75, 3.05) is 33.3 Å². The van der Waals surface area contributed by atoms with Crippen LogP contribution in [0.1, 0.15) is 18.1 Å². The first-order valence-electron chi connectivity index (χ1n) is 13.4. The molecule has 2 aromatic carbocycles. The molecule has 0 unspecified atom stereocenters.